The van der Waals surface area contributed by atoms with Gasteiger partial charge in [0.25, 0.3) is 0 Å². The van der Waals surface area contributed by atoms with Gasteiger partial charge >= 0.3 is 6.03 Å². The van der Waals surface area contributed by atoms with Crippen molar-refractivity contribution < 1.29 is 24.2 Å². The van der Waals surface area contributed by atoms with Gasteiger partial charge in [0.1, 0.15) is 5.75 Å². The number of amides is 3. The molecule has 1 spiro atoms. The molecule has 1 aromatic carbocycles. The number of carbonyl (C=O) groups excluding carboxylic acids is 2. The molecule has 0 radical (unpaired) electrons. The van der Waals surface area contributed by atoms with Crippen LogP contribution in [0.2, 0.25) is 0 Å². The maximum Gasteiger partial charge on any atom is 0.317 e. The Hall–Kier alpha value is -2.82. The van der Waals surface area contributed by atoms with Crippen molar-refractivity contribution >= 4 is 22.8 Å². The zero-order valence-corrected chi connectivity index (χ0v) is 21.9. The van der Waals surface area contributed by atoms with Crippen LogP contribution in [0, 0.1) is 0 Å². The number of fused-ring (bicyclic) bond motifs is 4. The number of carbonyl (C=O) groups is 2. The molecular formula is C27H39N5O5. The van der Waals surface area contributed by atoms with E-state index in [0.717, 1.165) is 54.7 Å². The number of urea groups is 1. The van der Waals surface area contributed by atoms with E-state index in [-0.39, 0.29) is 24.0 Å². The predicted octanol–water partition coefficient (Wildman–Crippen LogP) is 1.84. The zero-order valence-electron chi connectivity index (χ0n) is 21.9. The number of ether oxygens (including phenoxy) is 2. The Morgan fingerprint density at radius 3 is 2.65 bits per heavy atom. The highest BCUT2D eigenvalue weighted by atomic mass is 16.5. The number of likely N-dealkylation sites (tertiary alicyclic amines) is 1. The molecule has 202 valence electrons. The van der Waals surface area contributed by atoms with Gasteiger partial charge in [-0.1, -0.05) is 6.92 Å². The molecule has 3 N–H and O–H groups in total. The third kappa shape index (κ3) is 4.89. The van der Waals surface area contributed by atoms with Crippen LogP contribution in [0.3, 0.4) is 0 Å². The average Bonchev–Trinajstić information content (AvgIpc) is 3.32. The Labute approximate surface area is 217 Å². The van der Waals surface area contributed by atoms with Gasteiger partial charge < -0.3 is 34.7 Å². The SMILES string of the molecule is CCCNC(=O)N1CCC2(CC1)CN(C(=O)CN1CCOCC1)[C@H](CO)c1[nH]c3cc(OC)ccc3c12. The molecule has 2 fully saturated rings. The van der Waals surface area contributed by atoms with Crippen molar-refractivity contribution in [3.05, 3.63) is 29.5 Å². The summed E-state index contributed by atoms with van der Waals surface area (Å²) in [5.41, 5.74) is 2.70. The number of aliphatic hydroxyl groups is 1. The van der Waals surface area contributed by atoms with Crippen LogP contribution in [-0.4, -0.2) is 109 Å². The van der Waals surface area contributed by atoms with Gasteiger partial charge in [0.15, 0.2) is 0 Å². The second-order valence-electron chi connectivity index (χ2n) is 10.4. The van der Waals surface area contributed by atoms with Crippen LogP contribution in [0.4, 0.5) is 4.79 Å². The quantitative estimate of drug-likeness (QED) is 0.544. The molecule has 1 aromatic heterocycles. The zero-order chi connectivity index (χ0) is 26.0. The molecule has 2 aromatic rings. The number of hydrogen-bond acceptors (Lipinski definition) is 6. The van der Waals surface area contributed by atoms with Gasteiger partial charge in [0.05, 0.1) is 39.5 Å². The second kappa shape index (κ2) is 10.9. The van der Waals surface area contributed by atoms with Crippen molar-refractivity contribution in [2.24, 2.45) is 0 Å². The maximum atomic E-state index is 13.7. The van der Waals surface area contributed by atoms with Gasteiger partial charge in [-0.2, -0.15) is 0 Å². The highest BCUT2D eigenvalue weighted by Crippen LogP contribution is 2.49. The molecule has 2 saturated heterocycles. The Kier molecular flexibility index (Phi) is 7.60. The van der Waals surface area contributed by atoms with Crippen LogP contribution in [-0.2, 0) is 14.9 Å². The predicted molar refractivity (Wildman–Crippen MR) is 140 cm³/mol. The van der Waals surface area contributed by atoms with Gasteiger partial charge in [-0.3, -0.25) is 9.69 Å². The molecule has 0 bridgehead atoms. The fourth-order valence-corrected chi connectivity index (χ4v) is 6.20. The van der Waals surface area contributed by atoms with Crippen LogP contribution >= 0.6 is 0 Å². The molecule has 3 amide bonds. The van der Waals surface area contributed by atoms with Crippen LogP contribution in [0.25, 0.3) is 10.9 Å². The molecule has 10 nitrogen and oxygen atoms in total. The van der Waals surface area contributed by atoms with E-state index in [1.807, 2.05) is 28.9 Å². The number of methoxy groups -OCH3 is 1. The Morgan fingerprint density at radius 2 is 1.97 bits per heavy atom. The van der Waals surface area contributed by atoms with E-state index >= 15 is 0 Å². The van der Waals surface area contributed by atoms with E-state index in [4.69, 9.17) is 9.47 Å². The Bertz CT molecular complexity index is 1120. The second-order valence-corrected chi connectivity index (χ2v) is 10.4. The topological polar surface area (TPSA) is 110 Å². The number of H-pyrrole nitrogens is 1. The number of aromatic nitrogens is 1. The van der Waals surface area contributed by atoms with E-state index in [0.29, 0.717) is 45.9 Å². The summed E-state index contributed by atoms with van der Waals surface area (Å²) in [5.74, 6) is 0.772. The lowest BCUT2D eigenvalue weighted by Crippen LogP contribution is -2.58. The highest BCUT2D eigenvalue weighted by Gasteiger charge is 2.49. The summed E-state index contributed by atoms with van der Waals surface area (Å²) in [6.07, 6.45) is 2.39. The number of aliphatic hydroxyl groups excluding tert-OH is 1. The molecule has 3 aliphatic heterocycles. The van der Waals surface area contributed by atoms with Gasteiger partial charge in [-0.05, 0) is 37.0 Å². The number of piperidine rings is 1. The molecule has 0 saturated carbocycles. The lowest BCUT2D eigenvalue weighted by Gasteiger charge is -2.50. The third-order valence-corrected chi connectivity index (χ3v) is 8.24. The Balaban J connectivity index is 1.50. The summed E-state index contributed by atoms with van der Waals surface area (Å²) in [4.78, 5) is 35.8. The normalized spacial score (nSPS) is 21.8. The van der Waals surface area contributed by atoms with Gasteiger partial charge in [0.2, 0.25) is 5.91 Å². The molecule has 3 aliphatic rings. The molecule has 0 aliphatic carbocycles. The monoisotopic (exact) mass is 513 g/mol. The summed E-state index contributed by atoms with van der Waals surface area (Å²) >= 11 is 0. The van der Waals surface area contributed by atoms with Crippen molar-refractivity contribution in [1.29, 1.82) is 0 Å². The molecule has 10 heteroatoms. The van der Waals surface area contributed by atoms with Crippen molar-refractivity contribution in [3.63, 3.8) is 0 Å². The van der Waals surface area contributed by atoms with E-state index in [1.165, 1.54) is 5.56 Å². The van der Waals surface area contributed by atoms with Crippen LogP contribution in [0.5, 0.6) is 5.75 Å². The molecule has 5 rings (SSSR count). The summed E-state index contributed by atoms with van der Waals surface area (Å²) in [7, 11) is 1.65. The fourth-order valence-electron chi connectivity index (χ4n) is 6.20. The van der Waals surface area contributed by atoms with E-state index in [1.54, 1.807) is 7.11 Å². The van der Waals surface area contributed by atoms with E-state index < -0.39 is 6.04 Å². The van der Waals surface area contributed by atoms with Gasteiger partial charge in [-0.25, -0.2) is 4.79 Å². The van der Waals surface area contributed by atoms with Crippen molar-refractivity contribution in [1.82, 2.24) is 25.0 Å². The van der Waals surface area contributed by atoms with Crippen LogP contribution in [0.1, 0.15) is 43.5 Å². The number of rotatable bonds is 6. The standard InChI is InChI=1S/C27H39N5O5/c1-3-8-28-26(35)31-9-6-27(7-10-31)18-32(23(34)16-30-11-13-37-14-12-30)22(17-33)25-24(27)20-5-4-19(36-2)15-21(20)29-25/h4-5,15,22,29,33H,3,6-14,16-18H2,1-2H3,(H,28,35)/t22-/m1/s1. The molecule has 4 heterocycles. The first kappa shape index (κ1) is 25.8. The van der Waals surface area contributed by atoms with Crippen LogP contribution < -0.4 is 10.1 Å². The number of aromatic amines is 1. The van der Waals surface area contributed by atoms with E-state index in [9.17, 15) is 14.7 Å². The molecule has 1 atom stereocenters. The number of morpholine rings is 1. The summed E-state index contributed by atoms with van der Waals surface area (Å²) in [5, 5.41) is 14.6. The number of benzene rings is 1. The van der Waals surface area contributed by atoms with Gasteiger partial charge in [-0.15, -0.1) is 0 Å². The van der Waals surface area contributed by atoms with Crippen molar-refractivity contribution in [2.45, 2.75) is 37.6 Å². The number of hydrogen-bond donors (Lipinski definition) is 3. The maximum absolute atomic E-state index is 13.7. The smallest absolute Gasteiger partial charge is 0.317 e. The van der Waals surface area contributed by atoms with Crippen molar-refractivity contribution in [2.75, 3.05) is 72.7 Å². The highest BCUT2D eigenvalue weighted by molar-refractivity contribution is 5.89. The van der Waals surface area contributed by atoms with E-state index in [2.05, 4.69) is 21.3 Å². The third-order valence-electron chi connectivity index (χ3n) is 8.24. The minimum atomic E-state index is -0.446. The summed E-state index contributed by atoms with van der Waals surface area (Å²) in [6.45, 7) is 7.34. The minimum absolute atomic E-state index is 0.0188. The average molecular weight is 514 g/mol. The molecular weight excluding hydrogens is 474 g/mol. The first-order chi connectivity index (χ1) is 18.0. The van der Waals surface area contributed by atoms with Crippen LogP contribution in [0.15, 0.2) is 18.2 Å². The lowest BCUT2D eigenvalue weighted by molar-refractivity contribution is -0.139. The number of nitrogens with one attached hydrogen (secondary N) is 2. The largest absolute Gasteiger partial charge is 0.497 e. The lowest BCUT2D eigenvalue weighted by atomic mass is 9.68. The van der Waals surface area contributed by atoms with Gasteiger partial charge in [0, 0.05) is 67.3 Å². The fraction of sp³-hybridized carbons (Fsp3) is 0.630. The van der Waals surface area contributed by atoms with Crippen molar-refractivity contribution in [3.8, 4) is 5.75 Å². The summed E-state index contributed by atoms with van der Waals surface area (Å²) < 4.78 is 10.9. The molecule has 0 unspecified atom stereocenters. The Morgan fingerprint density at radius 1 is 1.22 bits per heavy atom. The minimum Gasteiger partial charge on any atom is -0.497 e. The summed E-state index contributed by atoms with van der Waals surface area (Å²) in [6, 6.07) is 5.54. The number of nitrogens with zero attached hydrogens (tertiary/aromatic N) is 3. The first-order valence-corrected chi connectivity index (χ1v) is 13.4. The first-order valence-electron chi connectivity index (χ1n) is 13.4. The molecule has 37 heavy (non-hydrogen) atoms.